The summed E-state index contributed by atoms with van der Waals surface area (Å²) in [4.78, 5) is 11.8. The van der Waals surface area contributed by atoms with Crippen LogP contribution in [0.15, 0.2) is 12.1 Å². The van der Waals surface area contributed by atoms with Crippen molar-refractivity contribution in [3.8, 4) is 0 Å². The zero-order valence-corrected chi connectivity index (χ0v) is 11.6. The third-order valence-corrected chi connectivity index (χ3v) is 2.22. The number of amides is 1. The number of carbonyl (C=O) groups excluding carboxylic acids is 1. The largest absolute Gasteiger partial charge is 0.369 e. The van der Waals surface area contributed by atoms with E-state index in [9.17, 15) is 4.79 Å². The molecule has 0 saturated heterocycles. The van der Waals surface area contributed by atoms with E-state index in [1.807, 2.05) is 20.8 Å². The Morgan fingerprint density at radius 3 is 2.50 bits per heavy atom. The zero-order valence-electron chi connectivity index (χ0n) is 11.6. The minimum Gasteiger partial charge on any atom is -0.369 e. The highest BCUT2D eigenvalue weighted by atomic mass is 16.2. The lowest BCUT2D eigenvalue weighted by atomic mass is 10.1. The van der Waals surface area contributed by atoms with Gasteiger partial charge in [0.2, 0.25) is 0 Å². The molecule has 0 aliphatic rings. The van der Waals surface area contributed by atoms with Crippen LogP contribution >= 0.6 is 0 Å². The van der Waals surface area contributed by atoms with Crippen LogP contribution in [0.25, 0.3) is 0 Å². The van der Waals surface area contributed by atoms with Crippen LogP contribution < -0.4 is 10.6 Å². The zero-order chi connectivity index (χ0) is 13.6. The standard InChI is InChI=1S/C13H22N4O/c1-5-6-9-14-11-8-7-10(16-17-11)12(18)15-13(2,3)4/h7-8H,5-6,9H2,1-4H3,(H,14,17)(H,15,18). The molecule has 0 spiro atoms. The third-order valence-electron chi connectivity index (χ3n) is 2.22. The Labute approximate surface area is 108 Å². The number of carbonyl (C=O) groups is 1. The van der Waals surface area contributed by atoms with Crippen molar-refractivity contribution in [3.05, 3.63) is 17.8 Å². The maximum Gasteiger partial charge on any atom is 0.272 e. The van der Waals surface area contributed by atoms with Crippen LogP contribution in [0.5, 0.6) is 0 Å². The Morgan fingerprint density at radius 1 is 1.28 bits per heavy atom. The van der Waals surface area contributed by atoms with E-state index in [0.717, 1.165) is 19.4 Å². The molecule has 0 fully saturated rings. The third kappa shape index (κ3) is 5.12. The maximum absolute atomic E-state index is 11.8. The first kappa shape index (κ1) is 14.4. The summed E-state index contributed by atoms with van der Waals surface area (Å²) in [5.74, 6) is 0.505. The summed E-state index contributed by atoms with van der Waals surface area (Å²) in [5.41, 5.74) is 0.0718. The molecule has 0 atom stereocenters. The molecule has 0 aliphatic carbocycles. The van der Waals surface area contributed by atoms with Crippen molar-refractivity contribution < 1.29 is 4.79 Å². The van der Waals surface area contributed by atoms with Gasteiger partial charge in [0.15, 0.2) is 5.69 Å². The van der Waals surface area contributed by atoms with Crippen molar-refractivity contribution in [2.24, 2.45) is 0 Å². The first-order valence-corrected chi connectivity index (χ1v) is 6.32. The van der Waals surface area contributed by atoms with E-state index in [4.69, 9.17) is 0 Å². The fourth-order valence-corrected chi connectivity index (χ4v) is 1.35. The number of nitrogens with one attached hydrogen (secondary N) is 2. The minimum atomic E-state index is -0.267. The van der Waals surface area contributed by atoms with Gasteiger partial charge >= 0.3 is 0 Å². The molecule has 0 aromatic carbocycles. The summed E-state index contributed by atoms with van der Waals surface area (Å²) in [6.45, 7) is 8.79. The second-order valence-electron chi connectivity index (χ2n) is 5.29. The van der Waals surface area contributed by atoms with Crippen LogP contribution in [0.1, 0.15) is 51.0 Å². The van der Waals surface area contributed by atoms with Gasteiger partial charge < -0.3 is 10.6 Å². The summed E-state index contributed by atoms with van der Waals surface area (Å²) in [6.07, 6.45) is 2.22. The van der Waals surface area contributed by atoms with Gasteiger partial charge in [0.1, 0.15) is 5.82 Å². The predicted molar refractivity (Wildman–Crippen MR) is 72.6 cm³/mol. The number of hydrogen-bond acceptors (Lipinski definition) is 4. The van der Waals surface area contributed by atoms with Gasteiger partial charge in [-0.3, -0.25) is 4.79 Å². The lowest BCUT2D eigenvalue weighted by molar-refractivity contribution is 0.0913. The molecule has 1 amide bonds. The first-order chi connectivity index (χ1) is 8.42. The fraction of sp³-hybridized carbons (Fsp3) is 0.615. The number of aromatic nitrogens is 2. The predicted octanol–water partition coefficient (Wildman–Crippen LogP) is 2.22. The van der Waals surface area contributed by atoms with E-state index in [1.165, 1.54) is 0 Å². The molecular weight excluding hydrogens is 228 g/mol. The molecule has 0 aliphatic heterocycles. The van der Waals surface area contributed by atoms with Gasteiger partial charge in [0.05, 0.1) is 0 Å². The fourth-order valence-electron chi connectivity index (χ4n) is 1.35. The minimum absolute atomic E-state index is 0.199. The van der Waals surface area contributed by atoms with Crippen LogP contribution in [0, 0.1) is 0 Å². The highest BCUT2D eigenvalue weighted by Gasteiger charge is 2.16. The SMILES string of the molecule is CCCCNc1ccc(C(=O)NC(C)(C)C)nn1. The highest BCUT2D eigenvalue weighted by Crippen LogP contribution is 2.05. The molecule has 0 saturated carbocycles. The number of unbranched alkanes of at least 4 members (excludes halogenated alkanes) is 1. The van der Waals surface area contributed by atoms with Crippen molar-refractivity contribution >= 4 is 11.7 Å². The average Bonchev–Trinajstić information content (AvgIpc) is 2.28. The van der Waals surface area contributed by atoms with Crippen LogP contribution in [0.3, 0.4) is 0 Å². The molecule has 5 nitrogen and oxygen atoms in total. The summed E-state index contributed by atoms with van der Waals surface area (Å²) >= 11 is 0. The molecule has 0 bridgehead atoms. The summed E-state index contributed by atoms with van der Waals surface area (Å²) in [5, 5.41) is 13.9. The summed E-state index contributed by atoms with van der Waals surface area (Å²) < 4.78 is 0. The van der Waals surface area contributed by atoms with Crippen molar-refractivity contribution in [2.45, 2.75) is 46.1 Å². The molecule has 18 heavy (non-hydrogen) atoms. The van der Waals surface area contributed by atoms with Gasteiger partial charge in [-0.15, -0.1) is 10.2 Å². The average molecular weight is 250 g/mol. The van der Waals surface area contributed by atoms with Gasteiger partial charge in [0, 0.05) is 12.1 Å². The number of hydrogen-bond donors (Lipinski definition) is 2. The van der Waals surface area contributed by atoms with E-state index in [-0.39, 0.29) is 11.4 Å². The Hall–Kier alpha value is -1.65. The van der Waals surface area contributed by atoms with E-state index in [1.54, 1.807) is 12.1 Å². The molecule has 1 rings (SSSR count). The summed E-state index contributed by atoms with van der Waals surface area (Å²) in [6, 6.07) is 3.46. The molecule has 1 heterocycles. The lowest BCUT2D eigenvalue weighted by Gasteiger charge is -2.19. The lowest BCUT2D eigenvalue weighted by Crippen LogP contribution is -2.41. The molecule has 100 valence electrons. The van der Waals surface area contributed by atoms with Gasteiger partial charge in [0.25, 0.3) is 5.91 Å². The topological polar surface area (TPSA) is 66.9 Å². The van der Waals surface area contributed by atoms with E-state index in [0.29, 0.717) is 11.5 Å². The quantitative estimate of drug-likeness (QED) is 0.786. The van der Waals surface area contributed by atoms with Gasteiger partial charge in [-0.2, -0.15) is 0 Å². The van der Waals surface area contributed by atoms with Crippen LogP contribution in [0.2, 0.25) is 0 Å². The van der Waals surface area contributed by atoms with Gasteiger partial charge in [-0.05, 0) is 39.3 Å². The second-order valence-corrected chi connectivity index (χ2v) is 5.29. The van der Waals surface area contributed by atoms with Crippen molar-refractivity contribution in [3.63, 3.8) is 0 Å². The molecule has 1 aromatic heterocycles. The molecule has 2 N–H and O–H groups in total. The van der Waals surface area contributed by atoms with E-state index >= 15 is 0 Å². The van der Waals surface area contributed by atoms with Gasteiger partial charge in [-0.1, -0.05) is 13.3 Å². The molecular formula is C13H22N4O. The molecule has 5 heteroatoms. The van der Waals surface area contributed by atoms with Crippen molar-refractivity contribution in [2.75, 3.05) is 11.9 Å². The Bertz CT molecular complexity index is 381. The normalized spacial score (nSPS) is 11.1. The smallest absolute Gasteiger partial charge is 0.272 e. The Morgan fingerprint density at radius 2 is 2.00 bits per heavy atom. The van der Waals surface area contributed by atoms with Crippen molar-refractivity contribution in [1.82, 2.24) is 15.5 Å². The molecule has 0 radical (unpaired) electrons. The highest BCUT2D eigenvalue weighted by molar-refractivity contribution is 5.92. The number of rotatable bonds is 5. The Kier molecular flexibility index (Phi) is 5.07. The number of anilines is 1. The van der Waals surface area contributed by atoms with Crippen molar-refractivity contribution in [1.29, 1.82) is 0 Å². The van der Waals surface area contributed by atoms with Crippen LogP contribution in [0.4, 0.5) is 5.82 Å². The van der Waals surface area contributed by atoms with Crippen LogP contribution in [-0.4, -0.2) is 28.2 Å². The van der Waals surface area contributed by atoms with E-state index in [2.05, 4.69) is 27.8 Å². The molecule has 1 aromatic rings. The number of nitrogens with zero attached hydrogens (tertiary/aromatic N) is 2. The monoisotopic (exact) mass is 250 g/mol. The first-order valence-electron chi connectivity index (χ1n) is 6.32. The van der Waals surface area contributed by atoms with Gasteiger partial charge in [-0.25, -0.2) is 0 Å². The van der Waals surface area contributed by atoms with Crippen LogP contribution in [-0.2, 0) is 0 Å². The molecule has 0 unspecified atom stereocenters. The summed E-state index contributed by atoms with van der Waals surface area (Å²) in [7, 11) is 0. The Balaban J connectivity index is 2.57. The second kappa shape index (κ2) is 6.33. The van der Waals surface area contributed by atoms with E-state index < -0.39 is 0 Å². The maximum atomic E-state index is 11.8.